The molecule has 0 amide bonds. The van der Waals surface area contributed by atoms with Gasteiger partial charge in [0.2, 0.25) is 5.89 Å². The van der Waals surface area contributed by atoms with Crippen LogP contribution >= 0.6 is 11.6 Å². The Bertz CT molecular complexity index is 1170. The van der Waals surface area contributed by atoms with Gasteiger partial charge in [-0.3, -0.25) is 4.90 Å². The second-order valence-corrected chi connectivity index (χ2v) is 7.96. The Hall–Kier alpha value is -2.82. The smallest absolute Gasteiger partial charge is 0.437 e. The molecule has 0 saturated carbocycles. The van der Waals surface area contributed by atoms with E-state index in [-0.39, 0.29) is 18.0 Å². The van der Waals surface area contributed by atoms with Crippen molar-refractivity contribution < 1.29 is 27.1 Å². The maximum absolute atomic E-state index is 12.8. The van der Waals surface area contributed by atoms with E-state index in [1.165, 1.54) is 19.2 Å². The van der Waals surface area contributed by atoms with E-state index in [1.807, 2.05) is 6.07 Å². The zero-order valence-corrected chi connectivity index (χ0v) is 18.4. The molecule has 7 nitrogen and oxygen atoms in total. The van der Waals surface area contributed by atoms with Crippen molar-refractivity contribution in [2.45, 2.75) is 19.3 Å². The Morgan fingerprint density at radius 1 is 1.09 bits per heavy atom. The minimum atomic E-state index is -4.46. The quantitative estimate of drug-likeness (QED) is 0.526. The molecular formula is C22H21ClF3N3O4. The summed E-state index contributed by atoms with van der Waals surface area (Å²) in [5, 5.41) is 4.65. The highest BCUT2D eigenvalue weighted by Gasteiger charge is 2.30. The van der Waals surface area contributed by atoms with Crippen LogP contribution in [0.3, 0.4) is 0 Å². The van der Waals surface area contributed by atoms with Gasteiger partial charge < -0.3 is 13.9 Å². The molecule has 0 atom stereocenters. The first-order chi connectivity index (χ1) is 15.7. The van der Waals surface area contributed by atoms with Crippen LogP contribution in [0.25, 0.3) is 11.5 Å². The van der Waals surface area contributed by atoms with Gasteiger partial charge in [0.1, 0.15) is 5.75 Å². The average Bonchev–Trinajstić information content (AvgIpc) is 3.16. The highest BCUT2D eigenvalue weighted by Crippen LogP contribution is 2.31. The minimum Gasteiger partial charge on any atom is -0.496 e. The van der Waals surface area contributed by atoms with Gasteiger partial charge >= 0.3 is 11.9 Å². The van der Waals surface area contributed by atoms with Gasteiger partial charge in [0.15, 0.2) is 0 Å². The molecular weight excluding hydrogens is 463 g/mol. The topological polar surface area (TPSA) is 69.7 Å². The van der Waals surface area contributed by atoms with Gasteiger partial charge in [-0.1, -0.05) is 11.6 Å². The van der Waals surface area contributed by atoms with Crippen LogP contribution in [0.4, 0.5) is 13.2 Å². The minimum absolute atomic E-state index is 0.0176. The van der Waals surface area contributed by atoms with Crippen LogP contribution in [0.5, 0.6) is 5.75 Å². The Balaban J connectivity index is 1.55. The lowest BCUT2D eigenvalue weighted by Gasteiger charge is -2.27. The van der Waals surface area contributed by atoms with Crippen LogP contribution in [-0.4, -0.2) is 48.1 Å². The number of halogens is 4. The summed E-state index contributed by atoms with van der Waals surface area (Å²) in [6.45, 7) is 3.61. The lowest BCUT2D eigenvalue weighted by Crippen LogP contribution is -2.35. The molecule has 0 spiro atoms. The van der Waals surface area contributed by atoms with Crippen molar-refractivity contribution in [3.63, 3.8) is 0 Å². The molecule has 0 unspecified atom stereocenters. The SMILES string of the molecule is COc1cc(CN2CCOCC2)c(Cl)cc1Cn1nc(-c2ccc(C(F)(F)F)cc2)oc1=O. The summed E-state index contributed by atoms with van der Waals surface area (Å²) in [7, 11) is 1.52. The van der Waals surface area contributed by atoms with E-state index >= 15 is 0 Å². The molecule has 3 aromatic rings. The standard InChI is InChI=1S/C22H21ClF3N3O4/c1-31-19-11-15(12-28-6-8-32-9-7-28)18(23)10-16(19)13-29-21(30)33-20(27-29)14-2-4-17(5-3-14)22(24,25)26/h2-5,10-11H,6-9,12-13H2,1H3. The Kier molecular flexibility index (Phi) is 6.78. The third-order valence-corrected chi connectivity index (χ3v) is 5.68. The van der Waals surface area contributed by atoms with E-state index < -0.39 is 17.5 Å². The van der Waals surface area contributed by atoms with Gasteiger partial charge in [0.25, 0.3) is 0 Å². The molecule has 0 radical (unpaired) electrons. The predicted octanol–water partition coefficient (Wildman–Crippen LogP) is 4.06. The fourth-order valence-electron chi connectivity index (χ4n) is 3.56. The van der Waals surface area contributed by atoms with Crippen LogP contribution in [0.15, 0.2) is 45.6 Å². The van der Waals surface area contributed by atoms with Crippen LogP contribution < -0.4 is 10.5 Å². The van der Waals surface area contributed by atoms with E-state index in [1.54, 1.807) is 6.07 Å². The van der Waals surface area contributed by atoms with Crippen molar-refractivity contribution in [3.8, 4) is 17.2 Å². The second kappa shape index (κ2) is 9.58. The number of hydrogen-bond donors (Lipinski definition) is 0. The van der Waals surface area contributed by atoms with Gasteiger partial charge in [0.05, 0.1) is 32.4 Å². The molecule has 0 N–H and O–H groups in total. The van der Waals surface area contributed by atoms with Gasteiger partial charge in [-0.05, 0) is 42.0 Å². The summed E-state index contributed by atoms with van der Waals surface area (Å²) >= 11 is 6.50. The lowest BCUT2D eigenvalue weighted by molar-refractivity contribution is -0.137. The number of ether oxygens (including phenoxy) is 2. The molecule has 1 fully saturated rings. The van der Waals surface area contributed by atoms with E-state index in [0.29, 0.717) is 36.1 Å². The van der Waals surface area contributed by atoms with E-state index in [4.69, 9.17) is 25.5 Å². The Morgan fingerprint density at radius 2 is 1.79 bits per heavy atom. The zero-order valence-electron chi connectivity index (χ0n) is 17.7. The van der Waals surface area contributed by atoms with Gasteiger partial charge in [-0.2, -0.15) is 17.9 Å². The summed E-state index contributed by atoms with van der Waals surface area (Å²) < 4.78 is 55.4. The van der Waals surface area contributed by atoms with E-state index in [0.717, 1.165) is 35.5 Å². The maximum atomic E-state index is 12.8. The lowest BCUT2D eigenvalue weighted by atomic mass is 10.1. The largest absolute Gasteiger partial charge is 0.496 e. The molecule has 176 valence electrons. The number of nitrogens with zero attached hydrogens (tertiary/aromatic N) is 3. The number of hydrogen-bond acceptors (Lipinski definition) is 6. The molecule has 1 aliphatic rings. The normalized spacial score (nSPS) is 15.1. The number of aromatic nitrogens is 2. The number of morpholine rings is 1. The second-order valence-electron chi connectivity index (χ2n) is 7.55. The van der Waals surface area contributed by atoms with Crippen molar-refractivity contribution >= 4 is 11.6 Å². The molecule has 1 saturated heterocycles. The molecule has 1 aromatic heterocycles. The van der Waals surface area contributed by atoms with Crippen molar-refractivity contribution in [1.82, 2.24) is 14.7 Å². The first-order valence-corrected chi connectivity index (χ1v) is 10.5. The molecule has 4 rings (SSSR count). The third-order valence-electron chi connectivity index (χ3n) is 5.33. The molecule has 0 aliphatic carbocycles. The Labute approximate surface area is 192 Å². The van der Waals surface area contributed by atoms with Crippen LogP contribution in [0.2, 0.25) is 5.02 Å². The van der Waals surface area contributed by atoms with Gasteiger partial charge in [0, 0.05) is 35.8 Å². The molecule has 33 heavy (non-hydrogen) atoms. The monoisotopic (exact) mass is 483 g/mol. The maximum Gasteiger partial charge on any atom is 0.437 e. The van der Waals surface area contributed by atoms with Gasteiger partial charge in [-0.15, -0.1) is 5.10 Å². The highest BCUT2D eigenvalue weighted by molar-refractivity contribution is 6.31. The number of rotatable bonds is 6. The molecule has 2 heterocycles. The fraction of sp³-hybridized carbons (Fsp3) is 0.364. The molecule has 0 bridgehead atoms. The van der Waals surface area contributed by atoms with Crippen molar-refractivity contribution in [3.05, 3.63) is 68.7 Å². The van der Waals surface area contributed by atoms with Gasteiger partial charge in [-0.25, -0.2) is 4.79 Å². The summed E-state index contributed by atoms with van der Waals surface area (Å²) in [5.74, 6) is -0.295. The van der Waals surface area contributed by atoms with Crippen LogP contribution in [0.1, 0.15) is 16.7 Å². The molecule has 11 heteroatoms. The van der Waals surface area contributed by atoms with Crippen LogP contribution in [0, 0.1) is 0 Å². The van der Waals surface area contributed by atoms with Crippen molar-refractivity contribution in [2.75, 3.05) is 33.4 Å². The van der Waals surface area contributed by atoms with E-state index in [2.05, 4.69) is 10.00 Å². The zero-order chi connectivity index (χ0) is 23.6. The number of alkyl halides is 3. The summed E-state index contributed by atoms with van der Waals surface area (Å²) in [4.78, 5) is 14.5. The average molecular weight is 484 g/mol. The number of methoxy groups -OCH3 is 1. The van der Waals surface area contributed by atoms with Crippen molar-refractivity contribution in [2.24, 2.45) is 0 Å². The summed E-state index contributed by atoms with van der Waals surface area (Å²) in [6, 6.07) is 7.77. The number of benzene rings is 2. The predicted molar refractivity (Wildman–Crippen MR) is 114 cm³/mol. The Morgan fingerprint density at radius 3 is 2.42 bits per heavy atom. The summed E-state index contributed by atoms with van der Waals surface area (Å²) in [5.41, 5.74) is 0.953. The highest BCUT2D eigenvalue weighted by atomic mass is 35.5. The van der Waals surface area contributed by atoms with Crippen molar-refractivity contribution in [1.29, 1.82) is 0 Å². The molecule has 2 aromatic carbocycles. The first kappa shape index (κ1) is 23.3. The fourth-order valence-corrected chi connectivity index (χ4v) is 3.80. The molecule has 1 aliphatic heterocycles. The first-order valence-electron chi connectivity index (χ1n) is 10.2. The van der Waals surface area contributed by atoms with Crippen LogP contribution in [-0.2, 0) is 24.0 Å². The summed E-state index contributed by atoms with van der Waals surface area (Å²) in [6.07, 6.45) is -4.46. The van der Waals surface area contributed by atoms with E-state index in [9.17, 15) is 18.0 Å². The third kappa shape index (κ3) is 5.40.